The highest BCUT2D eigenvalue weighted by atomic mass is 16.3. The largest absolute Gasteiger partial charge is 0.456 e. The van der Waals surface area contributed by atoms with Crippen LogP contribution in [0, 0.1) is 20.8 Å². The second-order valence-corrected chi connectivity index (χ2v) is 8.21. The summed E-state index contributed by atoms with van der Waals surface area (Å²) in [5.41, 5.74) is 8.10. The van der Waals surface area contributed by atoms with Gasteiger partial charge >= 0.3 is 0 Å². The lowest BCUT2D eigenvalue weighted by molar-refractivity contribution is -0.671. The van der Waals surface area contributed by atoms with E-state index in [1.807, 2.05) is 6.07 Å². The number of aromatic nitrogens is 2. The molecule has 0 atom stereocenters. The third-order valence-corrected chi connectivity index (χ3v) is 6.66. The topological polar surface area (TPSA) is 21.9 Å². The van der Waals surface area contributed by atoms with Crippen molar-refractivity contribution < 1.29 is 8.98 Å². The molecule has 30 heavy (non-hydrogen) atoms. The van der Waals surface area contributed by atoms with Crippen molar-refractivity contribution in [3.8, 4) is 5.82 Å². The summed E-state index contributed by atoms with van der Waals surface area (Å²) in [6, 6.07) is 23.6. The number of para-hydroxylation sites is 2. The van der Waals surface area contributed by atoms with Crippen LogP contribution in [0.5, 0.6) is 0 Å². The second kappa shape index (κ2) is 5.96. The van der Waals surface area contributed by atoms with Crippen LogP contribution in [-0.4, -0.2) is 4.57 Å². The highest BCUT2D eigenvalue weighted by molar-refractivity contribution is 6.28. The molecule has 3 aromatic heterocycles. The molecule has 0 N–H and O–H groups in total. The number of pyridine rings is 1. The predicted molar refractivity (Wildman–Crippen MR) is 123 cm³/mol. The molecule has 3 heterocycles. The van der Waals surface area contributed by atoms with Crippen LogP contribution in [0.25, 0.3) is 49.6 Å². The van der Waals surface area contributed by atoms with Gasteiger partial charge in [-0.25, -0.2) is 4.57 Å². The Morgan fingerprint density at radius 1 is 0.733 bits per heavy atom. The van der Waals surface area contributed by atoms with Crippen molar-refractivity contribution in [1.29, 1.82) is 0 Å². The molecule has 0 radical (unpaired) electrons. The molecule has 0 spiro atoms. The molecule has 0 aliphatic heterocycles. The van der Waals surface area contributed by atoms with E-state index in [-0.39, 0.29) is 0 Å². The highest BCUT2D eigenvalue weighted by Gasteiger charge is 2.27. The lowest BCUT2D eigenvalue weighted by atomic mass is 9.98. The maximum Gasteiger partial charge on any atom is 0.286 e. The molecule has 6 rings (SSSR count). The van der Waals surface area contributed by atoms with E-state index in [0.29, 0.717) is 0 Å². The summed E-state index contributed by atoms with van der Waals surface area (Å²) < 4.78 is 11.0. The Morgan fingerprint density at radius 2 is 1.47 bits per heavy atom. The zero-order chi connectivity index (χ0) is 20.6. The first-order valence-electron chi connectivity index (χ1n) is 10.4. The van der Waals surface area contributed by atoms with Crippen molar-refractivity contribution in [3.05, 3.63) is 83.6 Å². The van der Waals surface area contributed by atoms with E-state index in [4.69, 9.17) is 4.42 Å². The van der Waals surface area contributed by atoms with E-state index in [0.717, 1.165) is 17.0 Å². The number of benzene rings is 3. The fourth-order valence-electron chi connectivity index (χ4n) is 4.89. The molecule has 0 amide bonds. The van der Waals surface area contributed by atoms with Gasteiger partial charge < -0.3 is 4.42 Å². The minimum atomic E-state index is 0.945. The zero-order valence-electron chi connectivity index (χ0n) is 17.7. The van der Waals surface area contributed by atoms with Gasteiger partial charge in [0.2, 0.25) is 0 Å². The third-order valence-electron chi connectivity index (χ3n) is 6.66. The van der Waals surface area contributed by atoms with E-state index in [1.54, 1.807) is 0 Å². The molecule has 0 saturated carbocycles. The van der Waals surface area contributed by atoms with Gasteiger partial charge in [0, 0.05) is 33.2 Å². The number of aryl methyl sites for hydroxylation is 3. The first-order chi connectivity index (χ1) is 14.6. The van der Waals surface area contributed by atoms with Crippen LogP contribution < -0.4 is 4.57 Å². The Hall–Kier alpha value is -3.59. The van der Waals surface area contributed by atoms with Crippen molar-refractivity contribution in [1.82, 2.24) is 4.57 Å². The Morgan fingerprint density at radius 3 is 2.30 bits per heavy atom. The average Bonchev–Trinajstić information content (AvgIpc) is 3.30. The van der Waals surface area contributed by atoms with Crippen LogP contribution in [0.1, 0.15) is 16.8 Å². The molecule has 0 saturated heterocycles. The molecule has 0 fully saturated rings. The number of fused-ring (bicyclic) bond motifs is 7. The van der Waals surface area contributed by atoms with Crippen LogP contribution in [0.2, 0.25) is 0 Å². The summed E-state index contributed by atoms with van der Waals surface area (Å²) in [5, 5.41) is 4.93. The van der Waals surface area contributed by atoms with E-state index in [1.165, 1.54) is 49.4 Å². The minimum Gasteiger partial charge on any atom is -0.456 e. The third kappa shape index (κ3) is 2.07. The van der Waals surface area contributed by atoms with E-state index >= 15 is 0 Å². The fraction of sp³-hybridized carbons (Fsp3) is 0.148. The monoisotopic (exact) mass is 391 g/mol. The van der Waals surface area contributed by atoms with Gasteiger partial charge in [0.15, 0.2) is 0 Å². The number of rotatable bonds is 1. The molecule has 0 unspecified atom stereocenters. The average molecular weight is 391 g/mol. The summed E-state index contributed by atoms with van der Waals surface area (Å²) in [6.07, 6.45) is 0. The van der Waals surface area contributed by atoms with E-state index < -0.39 is 0 Å². The Kier molecular flexibility index (Phi) is 3.43. The highest BCUT2D eigenvalue weighted by Crippen LogP contribution is 2.43. The summed E-state index contributed by atoms with van der Waals surface area (Å²) in [4.78, 5) is 0. The summed E-state index contributed by atoms with van der Waals surface area (Å²) in [5.74, 6) is 1.16. The molecule has 3 nitrogen and oxygen atoms in total. The van der Waals surface area contributed by atoms with Crippen LogP contribution in [0.3, 0.4) is 0 Å². The molecule has 0 bridgehead atoms. The second-order valence-electron chi connectivity index (χ2n) is 8.21. The molecular weight excluding hydrogens is 368 g/mol. The van der Waals surface area contributed by atoms with E-state index in [2.05, 4.69) is 97.6 Å². The molecule has 3 aromatic carbocycles. The molecule has 0 aliphatic carbocycles. The fourth-order valence-corrected chi connectivity index (χ4v) is 4.89. The molecule has 3 heteroatoms. The maximum atomic E-state index is 6.36. The van der Waals surface area contributed by atoms with E-state index in [9.17, 15) is 0 Å². The summed E-state index contributed by atoms with van der Waals surface area (Å²) in [6.45, 7) is 6.55. The van der Waals surface area contributed by atoms with Crippen molar-refractivity contribution in [2.75, 3.05) is 0 Å². The van der Waals surface area contributed by atoms with Crippen molar-refractivity contribution in [2.45, 2.75) is 20.8 Å². The summed E-state index contributed by atoms with van der Waals surface area (Å²) in [7, 11) is 2.14. The lowest BCUT2D eigenvalue weighted by Gasteiger charge is -2.09. The maximum absolute atomic E-state index is 6.36. The van der Waals surface area contributed by atoms with Crippen LogP contribution in [0.15, 0.2) is 71.1 Å². The van der Waals surface area contributed by atoms with Gasteiger partial charge in [0.25, 0.3) is 5.82 Å². The number of hydrogen-bond acceptors (Lipinski definition) is 1. The SMILES string of the molecule is Cc1c(C)c2c(c3ccccc3n2-c2cccc(C)[n+]2C)c2c1oc1ccccc12. The Bertz CT molecular complexity index is 1630. The molecule has 0 aliphatic rings. The smallest absolute Gasteiger partial charge is 0.286 e. The van der Waals surface area contributed by atoms with Crippen LogP contribution in [0.4, 0.5) is 0 Å². The van der Waals surface area contributed by atoms with Gasteiger partial charge in [-0.15, -0.1) is 0 Å². The van der Waals surface area contributed by atoms with Gasteiger partial charge in [-0.3, -0.25) is 0 Å². The van der Waals surface area contributed by atoms with Gasteiger partial charge in [0.05, 0.1) is 7.05 Å². The van der Waals surface area contributed by atoms with Crippen molar-refractivity contribution >= 4 is 43.7 Å². The lowest BCUT2D eigenvalue weighted by Crippen LogP contribution is -2.37. The van der Waals surface area contributed by atoms with Crippen LogP contribution >= 0.6 is 0 Å². The summed E-state index contributed by atoms with van der Waals surface area (Å²) >= 11 is 0. The van der Waals surface area contributed by atoms with Gasteiger partial charge in [-0.1, -0.05) is 36.4 Å². The predicted octanol–water partition coefficient (Wildman–Crippen LogP) is 6.43. The van der Waals surface area contributed by atoms with Crippen molar-refractivity contribution in [3.63, 3.8) is 0 Å². The first kappa shape index (κ1) is 17.3. The number of nitrogens with zero attached hydrogens (tertiary/aromatic N) is 2. The van der Waals surface area contributed by atoms with Crippen molar-refractivity contribution in [2.24, 2.45) is 7.05 Å². The number of hydrogen-bond donors (Lipinski definition) is 0. The Balaban J connectivity index is 1.97. The minimum absolute atomic E-state index is 0.945. The first-order valence-corrected chi connectivity index (χ1v) is 10.4. The normalized spacial score (nSPS) is 12.0. The molecule has 6 aromatic rings. The van der Waals surface area contributed by atoms with Gasteiger partial charge in [-0.05, 0) is 50.6 Å². The molecule has 146 valence electrons. The number of furan rings is 1. The standard InChI is InChI=1S/C27H23N2O/c1-16-10-9-15-23(28(16)4)29-21-13-7-5-11-19(21)24-25-20-12-6-8-14-22(20)30-27(25)18(3)17(2)26(24)29/h5-15H,1-4H3/q+1. The quantitative estimate of drug-likeness (QED) is 0.296. The van der Waals surface area contributed by atoms with Crippen LogP contribution in [-0.2, 0) is 7.05 Å². The van der Waals surface area contributed by atoms with Gasteiger partial charge in [0.1, 0.15) is 27.9 Å². The molecular formula is C27H23N2O+. The Labute approximate surface area is 174 Å². The van der Waals surface area contributed by atoms with Gasteiger partial charge in [-0.2, -0.15) is 4.57 Å². The zero-order valence-corrected chi connectivity index (χ0v) is 17.7.